The Labute approximate surface area is 114 Å². The molecule has 1 aromatic heterocycles. The van der Waals surface area contributed by atoms with Crippen molar-refractivity contribution in [2.45, 2.75) is 59.0 Å². The largest absolute Gasteiger partial charge is 0.466 e. The number of carbonyl (C=O) groups excluding carboxylic acids is 1. The van der Waals surface area contributed by atoms with Gasteiger partial charge in [-0.1, -0.05) is 20.8 Å². The standard InChI is InChI=1S/C15H24N2O2/c1-5-11(16)14(18)17-12-7-15(3,4)8-13-10(12)6-9(2)19-13/h6,11-12H,5,7-8,16H2,1-4H3,(H,17,18). The SMILES string of the molecule is CCC(N)C(=O)NC1CC(C)(C)Cc2oc(C)cc21. The van der Waals surface area contributed by atoms with Gasteiger partial charge in [-0.15, -0.1) is 0 Å². The van der Waals surface area contributed by atoms with E-state index in [9.17, 15) is 4.79 Å². The Hall–Kier alpha value is -1.29. The van der Waals surface area contributed by atoms with E-state index in [0.29, 0.717) is 6.42 Å². The molecule has 1 aromatic rings. The summed E-state index contributed by atoms with van der Waals surface area (Å²) in [4.78, 5) is 12.0. The van der Waals surface area contributed by atoms with E-state index in [1.54, 1.807) is 0 Å². The van der Waals surface area contributed by atoms with E-state index < -0.39 is 6.04 Å². The summed E-state index contributed by atoms with van der Waals surface area (Å²) in [6.45, 7) is 8.27. The van der Waals surface area contributed by atoms with Gasteiger partial charge in [0.15, 0.2) is 0 Å². The predicted molar refractivity (Wildman–Crippen MR) is 74.7 cm³/mol. The summed E-state index contributed by atoms with van der Waals surface area (Å²) in [5.74, 6) is 1.83. The van der Waals surface area contributed by atoms with Crippen LogP contribution in [0, 0.1) is 12.3 Å². The highest BCUT2D eigenvalue weighted by molar-refractivity contribution is 5.81. The van der Waals surface area contributed by atoms with Crippen LogP contribution in [-0.4, -0.2) is 11.9 Å². The molecule has 0 fully saturated rings. The van der Waals surface area contributed by atoms with Crippen LogP contribution in [0.1, 0.15) is 56.7 Å². The first-order valence-electron chi connectivity index (χ1n) is 6.97. The minimum absolute atomic E-state index is 0.0151. The van der Waals surface area contributed by atoms with Gasteiger partial charge in [0.1, 0.15) is 11.5 Å². The van der Waals surface area contributed by atoms with Crippen molar-refractivity contribution >= 4 is 5.91 Å². The summed E-state index contributed by atoms with van der Waals surface area (Å²) < 4.78 is 5.76. The van der Waals surface area contributed by atoms with Crippen LogP contribution in [0.15, 0.2) is 10.5 Å². The maximum absolute atomic E-state index is 12.0. The molecule has 4 nitrogen and oxygen atoms in total. The molecule has 3 N–H and O–H groups in total. The Bertz CT molecular complexity index is 476. The summed E-state index contributed by atoms with van der Waals surface area (Å²) in [7, 11) is 0. The zero-order chi connectivity index (χ0) is 14.2. The first kappa shape index (κ1) is 14.1. The van der Waals surface area contributed by atoms with Gasteiger partial charge in [-0.05, 0) is 31.2 Å². The molecule has 19 heavy (non-hydrogen) atoms. The molecule has 2 unspecified atom stereocenters. The molecule has 1 aliphatic rings. The molecule has 106 valence electrons. The van der Waals surface area contributed by atoms with Crippen molar-refractivity contribution in [2.24, 2.45) is 11.1 Å². The van der Waals surface area contributed by atoms with E-state index in [1.165, 1.54) is 0 Å². The second-order valence-corrected chi connectivity index (χ2v) is 6.36. The number of amides is 1. The van der Waals surface area contributed by atoms with E-state index in [-0.39, 0.29) is 17.4 Å². The van der Waals surface area contributed by atoms with Crippen molar-refractivity contribution in [3.8, 4) is 0 Å². The summed E-state index contributed by atoms with van der Waals surface area (Å²) in [5.41, 5.74) is 7.04. The summed E-state index contributed by atoms with van der Waals surface area (Å²) in [5, 5.41) is 3.07. The van der Waals surface area contributed by atoms with Gasteiger partial charge >= 0.3 is 0 Å². The molecule has 0 aliphatic heterocycles. The van der Waals surface area contributed by atoms with Crippen molar-refractivity contribution in [2.75, 3.05) is 0 Å². The number of hydrogen-bond donors (Lipinski definition) is 2. The average Bonchev–Trinajstić information content (AvgIpc) is 2.66. The van der Waals surface area contributed by atoms with Gasteiger partial charge in [0.2, 0.25) is 5.91 Å². The van der Waals surface area contributed by atoms with Gasteiger partial charge in [0, 0.05) is 12.0 Å². The van der Waals surface area contributed by atoms with Crippen LogP contribution >= 0.6 is 0 Å². The Balaban J connectivity index is 2.22. The molecule has 1 aliphatic carbocycles. The molecule has 0 saturated carbocycles. The minimum atomic E-state index is -0.429. The quantitative estimate of drug-likeness (QED) is 0.881. The van der Waals surface area contributed by atoms with Gasteiger partial charge in [-0.3, -0.25) is 4.79 Å². The third-order valence-corrected chi connectivity index (χ3v) is 3.83. The highest BCUT2D eigenvalue weighted by Gasteiger charge is 2.35. The fourth-order valence-corrected chi connectivity index (χ4v) is 2.78. The third-order valence-electron chi connectivity index (χ3n) is 3.83. The zero-order valence-electron chi connectivity index (χ0n) is 12.2. The van der Waals surface area contributed by atoms with E-state index in [4.69, 9.17) is 10.2 Å². The number of fused-ring (bicyclic) bond motifs is 1. The van der Waals surface area contributed by atoms with Gasteiger partial charge in [0.25, 0.3) is 0 Å². The lowest BCUT2D eigenvalue weighted by molar-refractivity contribution is -0.123. The first-order chi connectivity index (χ1) is 8.82. The normalized spacial score (nSPS) is 22.7. The first-order valence-corrected chi connectivity index (χ1v) is 6.97. The predicted octanol–water partition coefficient (Wildman–Crippen LogP) is 2.46. The monoisotopic (exact) mass is 264 g/mol. The van der Waals surface area contributed by atoms with Crippen molar-refractivity contribution in [3.63, 3.8) is 0 Å². The van der Waals surface area contributed by atoms with E-state index in [0.717, 1.165) is 29.9 Å². The Morgan fingerprint density at radius 3 is 2.95 bits per heavy atom. The number of rotatable bonds is 3. The smallest absolute Gasteiger partial charge is 0.237 e. The molecule has 0 aromatic carbocycles. The van der Waals surface area contributed by atoms with Crippen LogP contribution in [0.4, 0.5) is 0 Å². The fraction of sp³-hybridized carbons (Fsp3) is 0.667. The van der Waals surface area contributed by atoms with Gasteiger partial charge in [-0.25, -0.2) is 0 Å². The zero-order valence-corrected chi connectivity index (χ0v) is 12.2. The maximum Gasteiger partial charge on any atom is 0.237 e. The van der Waals surface area contributed by atoms with Crippen molar-refractivity contribution < 1.29 is 9.21 Å². The van der Waals surface area contributed by atoms with Crippen molar-refractivity contribution in [3.05, 3.63) is 23.2 Å². The number of aryl methyl sites for hydroxylation is 1. The van der Waals surface area contributed by atoms with Gasteiger partial charge < -0.3 is 15.5 Å². The minimum Gasteiger partial charge on any atom is -0.466 e. The van der Waals surface area contributed by atoms with Crippen molar-refractivity contribution in [1.82, 2.24) is 5.32 Å². The van der Waals surface area contributed by atoms with E-state index in [2.05, 4.69) is 19.2 Å². The third kappa shape index (κ3) is 3.00. The van der Waals surface area contributed by atoms with Crippen LogP contribution < -0.4 is 11.1 Å². The molecule has 0 saturated heterocycles. The molecule has 1 amide bonds. The van der Waals surface area contributed by atoms with Crippen LogP contribution in [0.5, 0.6) is 0 Å². The van der Waals surface area contributed by atoms with E-state index >= 15 is 0 Å². The molecule has 0 bridgehead atoms. The molecule has 0 spiro atoms. The number of nitrogens with two attached hydrogens (primary N) is 1. The topological polar surface area (TPSA) is 68.3 Å². The van der Waals surface area contributed by atoms with Crippen LogP contribution in [0.2, 0.25) is 0 Å². The van der Waals surface area contributed by atoms with E-state index in [1.807, 2.05) is 19.9 Å². The molecule has 0 radical (unpaired) electrons. The molecule has 2 rings (SSSR count). The summed E-state index contributed by atoms with van der Waals surface area (Å²) in [6.07, 6.45) is 2.49. The molecular formula is C15H24N2O2. The van der Waals surface area contributed by atoms with Gasteiger partial charge in [-0.2, -0.15) is 0 Å². The summed E-state index contributed by atoms with van der Waals surface area (Å²) >= 11 is 0. The van der Waals surface area contributed by atoms with Gasteiger partial charge in [0.05, 0.1) is 12.1 Å². The lowest BCUT2D eigenvalue weighted by Crippen LogP contribution is -2.44. The number of hydrogen-bond acceptors (Lipinski definition) is 3. The second kappa shape index (κ2) is 5.00. The lowest BCUT2D eigenvalue weighted by Gasteiger charge is -2.35. The molecule has 1 heterocycles. The Morgan fingerprint density at radius 1 is 1.63 bits per heavy atom. The Morgan fingerprint density at radius 2 is 2.32 bits per heavy atom. The van der Waals surface area contributed by atoms with Crippen LogP contribution in [0.3, 0.4) is 0 Å². The number of carbonyl (C=O) groups is 1. The maximum atomic E-state index is 12.0. The van der Waals surface area contributed by atoms with Crippen LogP contribution in [-0.2, 0) is 11.2 Å². The second-order valence-electron chi connectivity index (χ2n) is 6.36. The lowest BCUT2D eigenvalue weighted by atomic mass is 9.74. The Kier molecular flexibility index (Phi) is 3.72. The average molecular weight is 264 g/mol. The molecule has 4 heteroatoms. The number of furan rings is 1. The molecular weight excluding hydrogens is 240 g/mol. The van der Waals surface area contributed by atoms with Crippen molar-refractivity contribution in [1.29, 1.82) is 0 Å². The highest BCUT2D eigenvalue weighted by Crippen LogP contribution is 2.41. The van der Waals surface area contributed by atoms with Crippen LogP contribution in [0.25, 0.3) is 0 Å². The fourth-order valence-electron chi connectivity index (χ4n) is 2.78. The highest BCUT2D eigenvalue weighted by atomic mass is 16.3. The molecule has 2 atom stereocenters. The summed E-state index contributed by atoms with van der Waals surface area (Å²) in [6, 6.07) is 1.62. The number of nitrogens with one attached hydrogen (secondary N) is 1.